The van der Waals surface area contributed by atoms with Gasteiger partial charge >= 0.3 is 0 Å². The van der Waals surface area contributed by atoms with E-state index in [0.717, 1.165) is 25.1 Å². The third kappa shape index (κ3) is 3.14. The Morgan fingerprint density at radius 3 is 2.73 bits per heavy atom. The zero-order chi connectivity index (χ0) is 18.3. The van der Waals surface area contributed by atoms with Crippen LogP contribution in [0.1, 0.15) is 23.8 Å². The van der Waals surface area contributed by atoms with Crippen LogP contribution < -0.4 is 10.5 Å². The van der Waals surface area contributed by atoms with E-state index in [1.165, 1.54) is 15.8 Å². The van der Waals surface area contributed by atoms with Crippen LogP contribution in [-0.4, -0.2) is 16.3 Å². The third-order valence-corrected chi connectivity index (χ3v) is 6.51. The van der Waals surface area contributed by atoms with Gasteiger partial charge in [0.25, 0.3) is 5.56 Å². The fourth-order valence-corrected chi connectivity index (χ4v) is 4.70. The SMILES string of the molecule is O=c1c(Cl)c(Cl)cnn1-c1ccc(N2CCCC2c2cccs2)c(Cl)c1. The van der Waals surface area contributed by atoms with Gasteiger partial charge in [-0.1, -0.05) is 40.9 Å². The van der Waals surface area contributed by atoms with E-state index in [0.29, 0.717) is 16.8 Å². The third-order valence-electron chi connectivity index (χ3n) is 4.49. The van der Waals surface area contributed by atoms with E-state index in [1.807, 2.05) is 12.1 Å². The normalized spacial score (nSPS) is 17.0. The van der Waals surface area contributed by atoms with E-state index in [9.17, 15) is 4.79 Å². The zero-order valence-corrected chi connectivity index (χ0v) is 16.6. The average molecular weight is 427 g/mol. The number of thiophene rings is 1. The summed E-state index contributed by atoms with van der Waals surface area (Å²) in [4.78, 5) is 15.9. The van der Waals surface area contributed by atoms with Gasteiger partial charge in [0.2, 0.25) is 0 Å². The Balaban J connectivity index is 1.71. The van der Waals surface area contributed by atoms with Crippen LogP contribution >= 0.6 is 46.1 Å². The molecule has 0 saturated carbocycles. The van der Waals surface area contributed by atoms with Crippen molar-refractivity contribution in [3.63, 3.8) is 0 Å². The van der Waals surface area contributed by atoms with Crippen LogP contribution in [0.4, 0.5) is 5.69 Å². The number of anilines is 1. The Kier molecular flexibility index (Phi) is 4.97. The molecule has 0 spiro atoms. The number of rotatable bonds is 3. The summed E-state index contributed by atoms with van der Waals surface area (Å²) in [6, 6.07) is 10.1. The van der Waals surface area contributed by atoms with Crippen LogP contribution in [0.25, 0.3) is 5.69 Å². The first-order valence-corrected chi connectivity index (χ1v) is 10.1. The lowest BCUT2D eigenvalue weighted by Crippen LogP contribution is -2.23. The highest BCUT2D eigenvalue weighted by atomic mass is 35.5. The minimum atomic E-state index is -0.472. The van der Waals surface area contributed by atoms with Crippen molar-refractivity contribution in [2.24, 2.45) is 0 Å². The lowest BCUT2D eigenvalue weighted by molar-refractivity contribution is 0.733. The van der Waals surface area contributed by atoms with Crippen molar-refractivity contribution < 1.29 is 0 Å². The van der Waals surface area contributed by atoms with Crippen molar-refractivity contribution >= 4 is 51.8 Å². The van der Waals surface area contributed by atoms with Gasteiger partial charge in [-0.2, -0.15) is 9.78 Å². The summed E-state index contributed by atoms with van der Waals surface area (Å²) in [6.45, 7) is 0.951. The van der Waals surface area contributed by atoms with Gasteiger partial charge in [0, 0.05) is 11.4 Å². The smallest absolute Gasteiger partial charge is 0.291 e. The molecule has 4 nitrogen and oxygen atoms in total. The summed E-state index contributed by atoms with van der Waals surface area (Å²) in [5, 5.41) is 6.80. The molecule has 0 aliphatic carbocycles. The highest BCUT2D eigenvalue weighted by molar-refractivity contribution is 7.10. The molecule has 0 bridgehead atoms. The van der Waals surface area contributed by atoms with Crippen molar-refractivity contribution in [2.45, 2.75) is 18.9 Å². The molecule has 1 aliphatic rings. The Morgan fingerprint density at radius 1 is 1.15 bits per heavy atom. The highest BCUT2D eigenvalue weighted by Gasteiger charge is 2.28. The molecule has 0 amide bonds. The Hall–Kier alpha value is -1.53. The number of halogens is 3. The summed E-state index contributed by atoms with van der Waals surface area (Å²) in [7, 11) is 0. The lowest BCUT2D eigenvalue weighted by Gasteiger charge is -2.27. The maximum atomic E-state index is 12.3. The predicted molar refractivity (Wildman–Crippen MR) is 109 cm³/mol. The van der Waals surface area contributed by atoms with Gasteiger partial charge in [0.15, 0.2) is 0 Å². The molecular weight excluding hydrogens is 413 g/mol. The molecule has 1 saturated heterocycles. The number of hydrogen-bond donors (Lipinski definition) is 0. The minimum absolute atomic E-state index is 0.0563. The van der Waals surface area contributed by atoms with E-state index in [2.05, 4.69) is 27.5 Å². The molecule has 1 aromatic carbocycles. The van der Waals surface area contributed by atoms with Crippen molar-refractivity contribution in [1.82, 2.24) is 9.78 Å². The predicted octanol–water partition coefficient (Wildman–Crippen LogP) is 5.60. The summed E-state index contributed by atoms with van der Waals surface area (Å²) < 4.78 is 1.20. The van der Waals surface area contributed by atoms with Crippen molar-refractivity contribution in [2.75, 3.05) is 11.4 Å². The first-order valence-electron chi connectivity index (χ1n) is 8.09. The van der Waals surface area contributed by atoms with Crippen molar-refractivity contribution in [3.05, 3.63) is 72.2 Å². The van der Waals surface area contributed by atoms with E-state index in [-0.39, 0.29) is 10.0 Å². The maximum Gasteiger partial charge on any atom is 0.291 e. The molecule has 0 N–H and O–H groups in total. The van der Waals surface area contributed by atoms with Gasteiger partial charge in [-0.3, -0.25) is 4.79 Å². The standard InChI is InChI=1S/C18H14Cl3N3OS/c19-12-9-11(24-18(25)17(21)13(20)10-22-24)5-6-14(12)23-7-1-3-15(23)16-4-2-8-26-16/h2,4-6,8-10,15H,1,3,7H2. The van der Waals surface area contributed by atoms with Crippen LogP contribution in [0.2, 0.25) is 15.1 Å². The molecule has 0 radical (unpaired) electrons. The zero-order valence-electron chi connectivity index (χ0n) is 13.5. The van der Waals surface area contributed by atoms with Crippen LogP contribution in [0.15, 0.2) is 46.7 Å². The molecule has 1 fully saturated rings. The van der Waals surface area contributed by atoms with E-state index in [4.69, 9.17) is 34.8 Å². The average Bonchev–Trinajstić information content (AvgIpc) is 3.31. The van der Waals surface area contributed by atoms with Crippen LogP contribution in [0.3, 0.4) is 0 Å². The highest BCUT2D eigenvalue weighted by Crippen LogP contribution is 2.41. The quantitative estimate of drug-likeness (QED) is 0.547. The van der Waals surface area contributed by atoms with Gasteiger partial charge in [0.1, 0.15) is 5.02 Å². The largest absolute Gasteiger partial charge is 0.362 e. The summed E-state index contributed by atoms with van der Waals surface area (Å²) in [5.41, 5.74) is 1.04. The number of benzene rings is 1. The molecule has 1 unspecified atom stereocenters. The summed E-state index contributed by atoms with van der Waals surface area (Å²) >= 11 is 20.1. The molecule has 1 aliphatic heterocycles. The summed E-state index contributed by atoms with van der Waals surface area (Å²) in [6.07, 6.45) is 3.57. The molecule has 134 valence electrons. The Bertz CT molecular complexity index is 1000. The van der Waals surface area contributed by atoms with Crippen LogP contribution in [-0.2, 0) is 0 Å². The first-order chi connectivity index (χ1) is 12.6. The molecule has 26 heavy (non-hydrogen) atoms. The minimum Gasteiger partial charge on any atom is -0.362 e. The number of nitrogens with zero attached hydrogens (tertiary/aromatic N) is 3. The van der Waals surface area contributed by atoms with Gasteiger partial charge in [-0.05, 0) is 42.5 Å². The van der Waals surface area contributed by atoms with Crippen molar-refractivity contribution in [1.29, 1.82) is 0 Å². The van der Waals surface area contributed by atoms with Crippen LogP contribution in [0, 0.1) is 0 Å². The monoisotopic (exact) mass is 425 g/mol. The fourth-order valence-electron chi connectivity index (χ4n) is 3.29. The second-order valence-electron chi connectivity index (χ2n) is 6.03. The Labute approximate surface area is 169 Å². The molecular formula is C18H14Cl3N3OS. The molecule has 2 aromatic heterocycles. The Morgan fingerprint density at radius 2 is 2.00 bits per heavy atom. The molecule has 8 heteroatoms. The van der Waals surface area contributed by atoms with Gasteiger partial charge in [0.05, 0.1) is 33.7 Å². The lowest BCUT2D eigenvalue weighted by atomic mass is 10.1. The first kappa shape index (κ1) is 17.9. The number of aromatic nitrogens is 2. The van der Waals surface area contributed by atoms with Gasteiger partial charge in [-0.15, -0.1) is 11.3 Å². The fraction of sp³-hybridized carbons (Fsp3) is 0.222. The molecule has 3 heterocycles. The molecule has 3 aromatic rings. The summed E-state index contributed by atoms with van der Waals surface area (Å²) in [5.74, 6) is 0. The van der Waals surface area contributed by atoms with E-state index in [1.54, 1.807) is 17.4 Å². The topological polar surface area (TPSA) is 38.1 Å². The second kappa shape index (κ2) is 7.24. The van der Waals surface area contributed by atoms with Crippen LogP contribution in [0.5, 0.6) is 0 Å². The van der Waals surface area contributed by atoms with Gasteiger partial charge in [-0.25, -0.2) is 0 Å². The molecule has 1 atom stereocenters. The van der Waals surface area contributed by atoms with Gasteiger partial charge < -0.3 is 4.90 Å². The van der Waals surface area contributed by atoms with Crippen molar-refractivity contribution in [3.8, 4) is 5.69 Å². The van der Waals surface area contributed by atoms with E-state index < -0.39 is 5.56 Å². The molecule has 4 rings (SSSR count). The maximum absolute atomic E-state index is 12.3. The number of hydrogen-bond acceptors (Lipinski definition) is 4. The van der Waals surface area contributed by atoms with E-state index >= 15 is 0 Å². The second-order valence-corrected chi connectivity index (χ2v) is 8.20.